The van der Waals surface area contributed by atoms with Crippen LogP contribution >= 0.6 is 15.9 Å². The minimum Gasteiger partial charge on any atom is -0.496 e. The van der Waals surface area contributed by atoms with Gasteiger partial charge in [-0.1, -0.05) is 15.9 Å². The van der Waals surface area contributed by atoms with Crippen LogP contribution in [0.3, 0.4) is 0 Å². The SMILES string of the molecule is COc1cc(Br)ccc1-c1cnc(N)cn1. The first kappa shape index (κ1) is 10.9. The smallest absolute Gasteiger partial charge is 0.141 e. The molecule has 2 N–H and O–H groups in total. The predicted molar refractivity (Wildman–Crippen MR) is 66.1 cm³/mol. The van der Waals surface area contributed by atoms with E-state index in [-0.39, 0.29) is 0 Å². The van der Waals surface area contributed by atoms with Gasteiger partial charge in [-0.15, -0.1) is 0 Å². The molecule has 2 rings (SSSR count). The van der Waals surface area contributed by atoms with Gasteiger partial charge in [0.15, 0.2) is 0 Å². The Morgan fingerprint density at radius 2 is 2.06 bits per heavy atom. The van der Waals surface area contributed by atoms with Gasteiger partial charge in [0.25, 0.3) is 0 Å². The predicted octanol–water partition coefficient (Wildman–Crippen LogP) is 2.50. The first-order valence-electron chi connectivity index (χ1n) is 4.62. The average Bonchev–Trinajstić information content (AvgIpc) is 2.30. The third-order valence-electron chi connectivity index (χ3n) is 2.11. The number of nitrogen functional groups attached to an aromatic ring is 1. The van der Waals surface area contributed by atoms with Crippen LogP contribution in [0.2, 0.25) is 0 Å². The van der Waals surface area contributed by atoms with Crippen LogP contribution in [0.25, 0.3) is 11.3 Å². The molecule has 1 aromatic heterocycles. The zero-order valence-electron chi connectivity index (χ0n) is 8.64. The lowest BCUT2D eigenvalue weighted by atomic mass is 10.1. The monoisotopic (exact) mass is 279 g/mol. The fourth-order valence-corrected chi connectivity index (χ4v) is 1.69. The summed E-state index contributed by atoms with van der Waals surface area (Å²) in [6.07, 6.45) is 3.15. The molecule has 16 heavy (non-hydrogen) atoms. The van der Waals surface area contributed by atoms with Crippen molar-refractivity contribution in [1.29, 1.82) is 0 Å². The topological polar surface area (TPSA) is 61.0 Å². The lowest BCUT2D eigenvalue weighted by Crippen LogP contribution is -1.94. The van der Waals surface area contributed by atoms with Gasteiger partial charge in [0.05, 0.1) is 25.2 Å². The van der Waals surface area contributed by atoms with Crippen molar-refractivity contribution in [3.63, 3.8) is 0 Å². The Bertz CT molecular complexity index is 499. The number of nitrogens with zero attached hydrogens (tertiary/aromatic N) is 2. The average molecular weight is 280 g/mol. The second-order valence-electron chi connectivity index (χ2n) is 3.17. The molecular weight excluding hydrogens is 270 g/mol. The molecule has 0 fully saturated rings. The molecule has 0 saturated carbocycles. The standard InChI is InChI=1S/C11H10BrN3O/c1-16-10-4-7(12)2-3-8(10)9-5-15-11(13)6-14-9/h2-6H,1H3,(H2,13,15). The van der Waals surface area contributed by atoms with Crippen molar-refractivity contribution in [2.75, 3.05) is 12.8 Å². The highest BCUT2D eigenvalue weighted by atomic mass is 79.9. The second kappa shape index (κ2) is 4.49. The summed E-state index contributed by atoms with van der Waals surface area (Å²) in [4.78, 5) is 8.21. The van der Waals surface area contributed by atoms with Crippen LogP contribution in [-0.4, -0.2) is 17.1 Å². The summed E-state index contributed by atoms with van der Waals surface area (Å²) >= 11 is 3.39. The van der Waals surface area contributed by atoms with E-state index in [2.05, 4.69) is 25.9 Å². The molecule has 2 aromatic rings. The summed E-state index contributed by atoms with van der Waals surface area (Å²) in [6, 6.07) is 5.73. The molecule has 0 aliphatic heterocycles. The van der Waals surface area contributed by atoms with Gasteiger partial charge < -0.3 is 10.5 Å². The normalized spacial score (nSPS) is 10.1. The van der Waals surface area contributed by atoms with Crippen LogP contribution in [0, 0.1) is 0 Å². The summed E-state index contributed by atoms with van der Waals surface area (Å²) in [7, 11) is 1.62. The van der Waals surface area contributed by atoms with Gasteiger partial charge in [-0.2, -0.15) is 0 Å². The van der Waals surface area contributed by atoms with Crippen LogP contribution in [0.15, 0.2) is 35.1 Å². The maximum absolute atomic E-state index is 5.49. The van der Waals surface area contributed by atoms with Crippen LogP contribution in [0.1, 0.15) is 0 Å². The van der Waals surface area contributed by atoms with E-state index in [9.17, 15) is 0 Å². The number of aromatic nitrogens is 2. The molecule has 82 valence electrons. The minimum atomic E-state index is 0.403. The fourth-order valence-electron chi connectivity index (χ4n) is 1.35. The summed E-state index contributed by atoms with van der Waals surface area (Å²) in [5, 5.41) is 0. The summed E-state index contributed by atoms with van der Waals surface area (Å²) in [5.41, 5.74) is 7.11. The van der Waals surface area contributed by atoms with Gasteiger partial charge in [0, 0.05) is 10.0 Å². The zero-order valence-corrected chi connectivity index (χ0v) is 10.2. The molecule has 0 saturated heterocycles. The maximum atomic E-state index is 5.49. The highest BCUT2D eigenvalue weighted by Crippen LogP contribution is 2.30. The van der Waals surface area contributed by atoms with Gasteiger partial charge in [-0.3, -0.25) is 4.98 Å². The molecule has 1 aromatic carbocycles. The highest BCUT2D eigenvalue weighted by Gasteiger charge is 2.07. The Hall–Kier alpha value is -1.62. The lowest BCUT2D eigenvalue weighted by molar-refractivity contribution is 0.416. The number of nitrogens with two attached hydrogens (primary N) is 1. The van der Waals surface area contributed by atoms with E-state index in [1.165, 1.54) is 6.20 Å². The highest BCUT2D eigenvalue weighted by molar-refractivity contribution is 9.10. The molecule has 0 spiro atoms. The Labute approximate surface area is 102 Å². The van der Waals surface area contributed by atoms with E-state index >= 15 is 0 Å². The minimum absolute atomic E-state index is 0.403. The van der Waals surface area contributed by atoms with Crippen molar-refractivity contribution >= 4 is 21.7 Å². The Morgan fingerprint density at radius 3 is 2.69 bits per heavy atom. The number of rotatable bonds is 2. The number of hydrogen-bond donors (Lipinski definition) is 1. The molecular formula is C11H10BrN3O. The Morgan fingerprint density at radius 1 is 1.25 bits per heavy atom. The van der Waals surface area contributed by atoms with E-state index in [4.69, 9.17) is 10.5 Å². The van der Waals surface area contributed by atoms with Gasteiger partial charge in [-0.05, 0) is 18.2 Å². The van der Waals surface area contributed by atoms with E-state index in [0.717, 1.165) is 21.5 Å². The van der Waals surface area contributed by atoms with Gasteiger partial charge in [0.2, 0.25) is 0 Å². The Balaban J connectivity index is 2.51. The van der Waals surface area contributed by atoms with Gasteiger partial charge in [-0.25, -0.2) is 4.98 Å². The molecule has 0 aliphatic carbocycles. The first-order chi connectivity index (χ1) is 7.70. The van der Waals surface area contributed by atoms with Gasteiger partial charge in [0.1, 0.15) is 11.6 Å². The quantitative estimate of drug-likeness (QED) is 0.918. The van der Waals surface area contributed by atoms with Crippen LogP contribution in [0.4, 0.5) is 5.82 Å². The third kappa shape index (κ3) is 2.14. The van der Waals surface area contributed by atoms with Crippen molar-refractivity contribution in [2.45, 2.75) is 0 Å². The van der Waals surface area contributed by atoms with E-state index in [1.54, 1.807) is 13.3 Å². The van der Waals surface area contributed by atoms with Crippen molar-refractivity contribution in [1.82, 2.24) is 9.97 Å². The molecule has 0 atom stereocenters. The van der Waals surface area contributed by atoms with Crippen LogP contribution < -0.4 is 10.5 Å². The maximum Gasteiger partial charge on any atom is 0.141 e. The third-order valence-corrected chi connectivity index (χ3v) is 2.60. The van der Waals surface area contributed by atoms with E-state index in [0.29, 0.717) is 5.82 Å². The van der Waals surface area contributed by atoms with Gasteiger partial charge >= 0.3 is 0 Å². The van der Waals surface area contributed by atoms with Crippen LogP contribution in [-0.2, 0) is 0 Å². The molecule has 0 amide bonds. The molecule has 5 heteroatoms. The largest absolute Gasteiger partial charge is 0.496 e. The van der Waals surface area contributed by atoms with Crippen LogP contribution in [0.5, 0.6) is 5.75 Å². The molecule has 1 heterocycles. The number of benzene rings is 1. The van der Waals surface area contributed by atoms with E-state index in [1.807, 2.05) is 18.2 Å². The number of ether oxygens (including phenoxy) is 1. The summed E-state index contributed by atoms with van der Waals surface area (Å²) in [5.74, 6) is 1.15. The number of halogens is 1. The van der Waals surface area contributed by atoms with Crippen molar-refractivity contribution in [3.8, 4) is 17.0 Å². The molecule has 4 nitrogen and oxygen atoms in total. The molecule has 0 unspecified atom stereocenters. The second-order valence-corrected chi connectivity index (χ2v) is 4.09. The summed E-state index contributed by atoms with van der Waals surface area (Å²) in [6.45, 7) is 0. The molecule has 0 radical (unpaired) electrons. The number of anilines is 1. The van der Waals surface area contributed by atoms with Crippen molar-refractivity contribution in [2.24, 2.45) is 0 Å². The molecule has 0 aliphatic rings. The zero-order chi connectivity index (χ0) is 11.5. The Kier molecular flexibility index (Phi) is 3.05. The number of methoxy groups -OCH3 is 1. The summed E-state index contributed by atoms with van der Waals surface area (Å²) < 4.78 is 6.24. The lowest BCUT2D eigenvalue weighted by Gasteiger charge is -2.07. The number of hydrogen-bond acceptors (Lipinski definition) is 4. The fraction of sp³-hybridized carbons (Fsp3) is 0.0909. The van der Waals surface area contributed by atoms with Crippen molar-refractivity contribution < 1.29 is 4.74 Å². The molecule has 0 bridgehead atoms. The first-order valence-corrected chi connectivity index (χ1v) is 5.41. The van der Waals surface area contributed by atoms with Crippen molar-refractivity contribution in [3.05, 3.63) is 35.1 Å². The van der Waals surface area contributed by atoms with E-state index < -0.39 is 0 Å².